The van der Waals surface area contributed by atoms with Gasteiger partial charge in [0.2, 0.25) is 11.9 Å². The van der Waals surface area contributed by atoms with Crippen molar-refractivity contribution in [1.29, 1.82) is 0 Å². The summed E-state index contributed by atoms with van der Waals surface area (Å²) in [6, 6.07) is 7.94. The van der Waals surface area contributed by atoms with Crippen LogP contribution in [0.2, 0.25) is 0 Å². The number of aryl methyl sites for hydroxylation is 1. The van der Waals surface area contributed by atoms with Crippen LogP contribution >= 0.6 is 0 Å². The Morgan fingerprint density at radius 1 is 1.14 bits per heavy atom. The van der Waals surface area contributed by atoms with Gasteiger partial charge in [0.15, 0.2) is 5.82 Å². The molecule has 0 amide bonds. The van der Waals surface area contributed by atoms with Crippen molar-refractivity contribution in [3.63, 3.8) is 0 Å². The molecule has 0 atom stereocenters. The van der Waals surface area contributed by atoms with E-state index in [4.69, 9.17) is 5.73 Å². The van der Waals surface area contributed by atoms with Crippen molar-refractivity contribution in [2.24, 2.45) is 4.99 Å². The molecule has 0 spiro atoms. The van der Waals surface area contributed by atoms with Crippen molar-refractivity contribution in [2.45, 2.75) is 20.8 Å². The Labute approximate surface area is 130 Å². The van der Waals surface area contributed by atoms with E-state index in [1.54, 1.807) is 7.05 Å². The van der Waals surface area contributed by atoms with Crippen molar-refractivity contribution in [1.82, 2.24) is 15.0 Å². The molecular formula is C16H20N6. The van der Waals surface area contributed by atoms with Crippen molar-refractivity contribution >= 4 is 17.6 Å². The Morgan fingerprint density at radius 2 is 1.82 bits per heavy atom. The number of aliphatic imine (C=N–C) groups is 1. The van der Waals surface area contributed by atoms with Gasteiger partial charge in [0.25, 0.3) is 0 Å². The summed E-state index contributed by atoms with van der Waals surface area (Å²) in [5.41, 5.74) is 9.65. The van der Waals surface area contributed by atoms with Crippen molar-refractivity contribution in [3.05, 3.63) is 41.6 Å². The first kappa shape index (κ1) is 15.6. The molecule has 0 saturated carbocycles. The van der Waals surface area contributed by atoms with E-state index in [9.17, 15) is 0 Å². The third-order valence-corrected chi connectivity index (χ3v) is 3.05. The number of aromatic nitrogens is 3. The zero-order valence-corrected chi connectivity index (χ0v) is 13.3. The molecule has 6 nitrogen and oxygen atoms in total. The molecule has 1 aromatic heterocycles. The molecule has 0 aliphatic rings. The lowest BCUT2D eigenvalue weighted by atomic mass is 10.1. The summed E-state index contributed by atoms with van der Waals surface area (Å²) in [6.45, 7) is 5.87. The highest BCUT2D eigenvalue weighted by atomic mass is 15.2. The van der Waals surface area contributed by atoms with Crippen LogP contribution in [0.4, 0.5) is 11.9 Å². The molecule has 0 bridgehead atoms. The maximum absolute atomic E-state index is 5.78. The van der Waals surface area contributed by atoms with Gasteiger partial charge in [-0.3, -0.25) is 4.99 Å². The van der Waals surface area contributed by atoms with Gasteiger partial charge in [0, 0.05) is 24.0 Å². The summed E-state index contributed by atoms with van der Waals surface area (Å²) in [5.74, 6) is 1.14. The average Bonchev–Trinajstić information content (AvgIpc) is 2.47. The summed E-state index contributed by atoms with van der Waals surface area (Å²) in [7, 11) is 1.75. The Balaban J connectivity index is 2.31. The number of nitrogens with two attached hydrogens (primary N) is 1. The SMILES string of the molecule is C/N=C(C)/C=C(/C)Nc1nc(N)nc(-c2ccc(C)cc2)n1. The first-order chi connectivity index (χ1) is 10.5. The molecule has 0 aliphatic carbocycles. The molecule has 0 radical (unpaired) electrons. The molecule has 1 heterocycles. The minimum atomic E-state index is 0.182. The normalized spacial score (nSPS) is 12.4. The van der Waals surface area contributed by atoms with Crippen LogP contribution in [0.3, 0.4) is 0 Å². The number of rotatable bonds is 4. The van der Waals surface area contributed by atoms with Crippen LogP contribution in [0.5, 0.6) is 0 Å². The highest BCUT2D eigenvalue weighted by molar-refractivity contribution is 5.93. The lowest BCUT2D eigenvalue weighted by molar-refractivity contribution is 1.06. The molecule has 2 aromatic rings. The highest BCUT2D eigenvalue weighted by Gasteiger charge is 2.07. The Morgan fingerprint density at radius 3 is 2.45 bits per heavy atom. The van der Waals surface area contributed by atoms with E-state index < -0.39 is 0 Å². The molecular weight excluding hydrogens is 276 g/mol. The van der Waals surface area contributed by atoms with Gasteiger partial charge in [-0.05, 0) is 26.8 Å². The zero-order valence-electron chi connectivity index (χ0n) is 13.3. The first-order valence-electron chi connectivity index (χ1n) is 6.95. The minimum absolute atomic E-state index is 0.182. The van der Waals surface area contributed by atoms with E-state index in [-0.39, 0.29) is 5.95 Å². The number of hydrogen-bond acceptors (Lipinski definition) is 6. The molecule has 0 unspecified atom stereocenters. The largest absolute Gasteiger partial charge is 0.368 e. The average molecular weight is 296 g/mol. The second kappa shape index (κ2) is 6.80. The van der Waals surface area contributed by atoms with Crippen molar-refractivity contribution in [2.75, 3.05) is 18.1 Å². The van der Waals surface area contributed by atoms with E-state index in [1.165, 1.54) is 5.56 Å². The summed E-state index contributed by atoms with van der Waals surface area (Å²) < 4.78 is 0. The predicted molar refractivity (Wildman–Crippen MR) is 90.8 cm³/mol. The maximum Gasteiger partial charge on any atom is 0.232 e. The van der Waals surface area contributed by atoms with Gasteiger partial charge < -0.3 is 11.1 Å². The zero-order chi connectivity index (χ0) is 16.1. The van der Waals surface area contributed by atoms with Crippen molar-refractivity contribution < 1.29 is 0 Å². The number of allylic oxidation sites excluding steroid dienone is 2. The fourth-order valence-electron chi connectivity index (χ4n) is 1.87. The number of nitrogen functional groups attached to an aromatic ring is 1. The number of nitrogens with zero attached hydrogens (tertiary/aromatic N) is 4. The summed E-state index contributed by atoms with van der Waals surface area (Å²) >= 11 is 0. The second-order valence-corrected chi connectivity index (χ2v) is 5.02. The van der Waals surface area contributed by atoms with E-state index in [0.717, 1.165) is 17.0 Å². The van der Waals surface area contributed by atoms with Crippen molar-refractivity contribution in [3.8, 4) is 11.4 Å². The van der Waals surface area contributed by atoms with Gasteiger partial charge in [-0.25, -0.2) is 0 Å². The summed E-state index contributed by atoms with van der Waals surface area (Å²) in [4.78, 5) is 16.8. The van der Waals surface area contributed by atoms with Crippen LogP contribution in [-0.2, 0) is 0 Å². The van der Waals surface area contributed by atoms with Gasteiger partial charge in [0.1, 0.15) is 0 Å². The fraction of sp³-hybridized carbons (Fsp3) is 0.250. The van der Waals surface area contributed by atoms with E-state index in [0.29, 0.717) is 11.8 Å². The number of benzene rings is 1. The Kier molecular flexibility index (Phi) is 4.83. The maximum atomic E-state index is 5.78. The standard InChI is InChI=1S/C16H20N6/c1-10-5-7-13(8-6-10)14-20-15(17)22-16(21-14)19-12(3)9-11(2)18-4/h5-9H,1-4H3,(H3,17,19,20,21,22)/b12-9-,18-11+. The molecule has 22 heavy (non-hydrogen) atoms. The third kappa shape index (κ3) is 4.12. The van der Waals surface area contributed by atoms with E-state index >= 15 is 0 Å². The smallest absolute Gasteiger partial charge is 0.232 e. The van der Waals surface area contributed by atoms with Crippen LogP contribution < -0.4 is 11.1 Å². The van der Waals surface area contributed by atoms with Crippen LogP contribution in [-0.4, -0.2) is 27.7 Å². The van der Waals surface area contributed by atoms with Crippen LogP contribution in [0.1, 0.15) is 19.4 Å². The van der Waals surface area contributed by atoms with Gasteiger partial charge in [-0.2, -0.15) is 15.0 Å². The fourth-order valence-corrected chi connectivity index (χ4v) is 1.87. The molecule has 2 rings (SSSR count). The van der Waals surface area contributed by atoms with Gasteiger partial charge >= 0.3 is 0 Å². The van der Waals surface area contributed by atoms with Crippen LogP contribution in [0.25, 0.3) is 11.4 Å². The first-order valence-corrected chi connectivity index (χ1v) is 6.95. The summed E-state index contributed by atoms with van der Waals surface area (Å²) in [6.07, 6.45) is 1.91. The molecule has 114 valence electrons. The van der Waals surface area contributed by atoms with Gasteiger partial charge in [-0.15, -0.1) is 0 Å². The van der Waals surface area contributed by atoms with Gasteiger partial charge in [0.05, 0.1) is 0 Å². The van der Waals surface area contributed by atoms with E-state index in [2.05, 4.69) is 25.3 Å². The Hall–Kier alpha value is -2.76. The number of nitrogens with one attached hydrogen (secondary N) is 1. The highest BCUT2D eigenvalue weighted by Crippen LogP contribution is 2.18. The van der Waals surface area contributed by atoms with Crippen LogP contribution in [0.15, 0.2) is 41.0 Å². The molecule has 0 fully saturated rings. The molecule has 0 aliphatic heterocycles. The summed E-state index contributed by atoms with van der Waals surface area (Å²) in [5, 5.41) is 3.11. The number of hydrogen-bond donors (Lipinski definition) is 2. The third-order valence-electron chi connectivity index (χ3n) is 3.05. The predicted octanol–water partition coefficient (Wildman–Crippen LogP) is 2.84. The molecule has 0 saturated heterocycles. The lowest BCUT2D eigenvalue weighted by Gasteiger charge is -2.08. The van der Waals surface area contributed by atoms with Gasteiger partial charge in [-0.1, -0.05) is 29.8 Å². The number of anilines is 2. The second-order valence-electron chi connectivity index (χ2n) is 5.02. The van der Waals surface area contributed by atoms with E-state index in [1.807, 2.05) is 51.1 Å². The molecule has 3 N–H and O–H groups in total. The monoisotopic (exact) mass is 296 g/mol. The lowest BCUT2D eigenvalue weighted by Crippen LogP contribution is -2.07. The van der Waals surface area contributed by atoms with Crippen LogP contribution in [0, 0.1) is 6.92 Å². The quantitative estimate of drug-likeness (QED) is 0.847. The molecule has 1 aromatic carbocycles. The topological polar surface area (TPSA) is 89.1 Å². The minimum Gasteiger partial charge on any atom is -0.368 e. The Bertz CT molecular complexity index is 716. The molecule has 6 heteroatoms.